The summed E-state index contributed by atoms with van der Waals surface area (Å²) in [7, 11) is 2.67. The van der Waals surface area contributed by atoms with Gasteiger partial charge in [-0.1, -0.05) is 13.0 Å². The van der Waals surface area contributed by atoms with Crippen molar-refractivity contribution in [2.24, 2.45) is 13.0 Å². The van der Waals surface area contributed by atoms with Crippen LogP contribution in [0.15, 0.2) is 24.4 Å². The van der Waals surface area contributed by atoms with E-state index in [0.717, 1.165) is 20.1 Å². The van der Waals surface area contributed by atoms with Crippen LogP contribution in [0.25, 0.3) is 11.0 Å². The molecule has 0 bridgehead atoms. The number of halogens is 5. The van der Waals surface area contributed by atoms with Gasteiger partial charge in [0.2, 0.25) is 5.82 Å². The number of nitrogens with zero attached hydrogens (tertiary/aromatic N) is 3. The summed E-state index contributed by atoms with van der Waals surface area (Å²) in [5.41, 5.74) is -1.94. The van der Waals surface area contributed by atoms with Gasteiger partial charge in [-0.05, 0) is 26.0 Å². The van der Waals surface area contributed by atoms with Crippen LogP contribution in [0.3, 0.4) is 0 Å². The SMILES string of the molecule is CCOC(=O)c1cc2nc([C@@H]3O[C@@](C)(C(F)(F)F)[C@@H](C)[C@H]3c3ccc(F)c(F)c3OC)n(C)c2cn1. The molecular formula is C24H24F5N3O4. The minimum Gasteiger partial charge on any atom is -0.493 e. The summed E-state index contributed by atoms with van der Waals surface area (Å²) >= 11 is 0. The van der Waals surface area contributed by atoms with Crippen molar-refractivity contribution in [1.29, 1.82) is 0 Å². The third-order valence-electron chi connectivity index (χ3n) is 6.85. The van der Waals surface area contributed by atoms with Gasteiger partial charge in [0.25, 0.3) is 0 Å². The zero-order valence-corrected chi connectivity index (χ0v) is 20.1. The molecule has 3 heterocycles. The number of ether oxygens (including phenoxy) is 3. The zero-order chi connectivity index (χ0) is 26.6. The lowest BCUT2D eigenvalue weighted by Crippen LogP contribution is -2.46. The molecule has 0 amide bonds. The van der Waals surface area contributed by atoms with Gasteiger partial charge in [-0.2, -0.15) is 17.6 Å². The molecular weight excluding hydrogens is 489 g/mol. The maximum atomic E-state index is 14.6. The third kappa shape index (κ3) is 3.87. The van der Waals surface area contributed by atoms with Crippen LogP contribution >= 0.6 is 0 Å². The fraction of sp³-hybridized carbons (Fsp3) is 0.458. The van der Waals surface area contributed by atoms with Gasteiger partial charge in [0.15, 0.2) is 22.9 Å². The van der Waals surface area contributed by atoms with Gasteiger partial charge < -0.3 is 18.8 Å². The number of carbonyl (C=O) groups is 1. The minimum atomic E-state index is -4.78. The van der Waals surface area contributed by atoms with Gasteiger partial charge in [-0.15, -0.1) is 0 Å². The molecule has 1 aromatic carbocycles. The molecule has 3 aromatic rings. The molecule has 7 nitrogen and oxygen atoms in total. The molecule has 1 fully saturated rings. The average molecular weight is 513 g/mol. The van der Waals surface area contributed by atoms with Crippen LogP contribution in [0.4, 0.5) is 22.0 Å². The fourth-order valence-electron chi connectivity index (χ4n) is 4.72. The van der Waals surface area contributed by atoms with Crippen molar-refractivity contribution in [3.05, 3.63) is 53.1 Å². The third-order valence-corrected chi connectivity index (χ3v) is 6.85. The maximum absolute atomic E-state index is 14.6. The van der Waals surface area contributed by atoms with E-state index in [4.69, 9.17) is 14.2 Å². The summed E-state index contributed by atoms with van der Waals surface area (Å²) < 4.78 is 88.4. The number of carbonyl (C=O) groups excluding carboxylic acids is 1. The number of hydrogen-bond acceptors (Lipinski definition) is 6. The summed E-state index contributed by atoms with van der Waals surface area (Å²) in [5, 5.41) is 0. The van der Waals surface area contributed by atoms with Gasteiger partial charge in [0, 0.05) is 24.4 Å². The van der Waals surface area contributed by atoms with Crippen molar-refractivity contribution < 1.29 is 41.0 Å². The molecule has 194 valence electrons. The summed E-state index contributed by atoms with van der Waals surface area (Å²) in [6, 6.07) is 3.40. The van der Waals surface area contributed by atoms with E-state index in [1.54, 1.807) is 14.0 Å². The molecule has 1 saturated heterocycles. The van der Waals surface area contributed by atoms with Gasteiger partial charge in [0.05, 0.1) is 30.9 Å². The Morgan fingerprint density at radius 3 is 2.58 bits per heavy atom. The van der Waals surface area contributed by atoms with Crippen molar-refractivity contribution in [2.75, 3.05) is 13.7 Å². The first-order valence-corrected chi connectivity index (χ1v) is 11.1. The highest BCUT2D eigenvalue weighted by atomic mass is 19.4. The smallest absolute Gasteiger partial charge is 0.417 e. The second kappa shape index (κ2) is 8.99. The molecule has 0 N–H and O–H groups in total. The van der Waals surface area contributed by atoms with Gasteiger partial charge in [-0.25, -0.2) is 19.2 Å². The van der Waals surface area contributed by atoms with Crippen molar-refractivity contribution >= 4 is 17.0 Å². The highest BCUT2D eigenvalue weighted by Gasteiger charge is 2.65. The first kappa shape index (κ1) is 25.8. The molecule has 4 rings (SSSR count). The lowest BCUT2D eigenvalue weighted by atomic mass is 9.77. The molecule has 0 aliphatic carbocycles. The van der Waals surface area contributed by atoms with Crippen LogP contribution in [0, 0.1) is 17.6 Å². The molecule has 12 heteroatoms. The second-order valence-electron chi connectivity index (χ2n) is 8.75. The normalized spacial score (nSPS) is 24.3. The standard InChI is InChI=1S/C24H24F5N3O4/c1-6-35-22(33)15-9-14-16(10-30-15)32(4)21(31-14)20-17(11(2)23(3,36-20)24(27,28)29)12-7-8-13(25)18(26)19(12)34-5/h7-11,17,20H,6H2,1-5H3/t11-,17-,20+,23+/m0/s1. The zero-order valence-electron chi connectivity index (χ0n) is 20.1. The number of aromatic nitrogens is 3. The first-order chi connectivity index (χ1) is 16.9. The van der Waals surface area contributed by atoms with Gasteiger partial charge >= 0.3 is 12.1 Å². The van der Waals surface area contributed by atoms with E-state index in [9.17, 15) is 26.7 Å². The topological polar surface area (TPSA) is 75.5 Å². The number of pyridine rings is 1. The highest BCUT2D eigenvalue weighted by Crippen LogP contribution is 2.59. The Kier molecular flexibility index (Phi) is 6.44. The van der Waals surface area contributed by atoms with Crippen LogP contribution in [-0.4, -0.2) is 46.0 Å². The number of rotatable bonds is 5. The number of esters is 1. The van der Waals surface area contributed by atoms with Crippen LogP contribution < -0.4 is 4.74 Å². The van der Waals surface area contributed by atoms with Gasteiger partial charge in [0.1, 0.15) is 11.9 Å². The van der Waals surface area contributed by atoms with E-state index in [2.05, 4.69) is 9.97 Å². The quantitative estimate of drug-likeness (QED) is 0.343. The van der Waals surface area contributed by atoms with Crippen LogP contribution in [0.2, 0.25) is 0 Å². The van der Waals surface area contributed by atoms with E-state index < -0.39 is 53.1 Å². The Labute approximate surface area is 203 Å². The number of imidazole rings is 1. The number of benzene rings is 1. The lowest BCUT2D eigenvalue weighted by Gasteiger charge is -2.32. The highest BCUT2D eigenvalue weighted by molar-refractivity contribution is 5.91. The largest absolute Gasteiger partial charge is 0.493 e. The molecule has 0 saturated carbocycles. The fourth-order valence-corrected chi connectivity index (χ4v) is 4.72. The van der Waals surface area contributed by atoms with Crippen LogP contribution in [0.5, 0.6) is 5.75 Å². The van der Waals surface area contributed by atoms with Crippen molar-refractivity contribution in [1.82, 2.24) is 14.5 Å². The second-order valence-corrected chi connectivity index (χ2v) is 8.75. The molecule has 1 aliphatic heterocycles. The summed E-state index contributed by atoms with van der Waals surface area (Å²) in [5.74, 6) is -5.95. The Balaban J connectivity index is 1.91. The first-order valence-electron chi connectivity index (χ1n) is 11.1. The predicted octanol–water partition coefficient (Wildman–Crippen LogP) is 5.24. The Bertz CT molecular complexity index is 1330. The number of alkyl halides is 3. The molecule has 0 unspecified atom stereocenters. The van der Waals surface area contributed by atoms with Crippen molar-refractivity contribution in [3.8, 4) is 5.75 Å². The molecule has 36 heavy (non-hydrogen) atoms. The van der Waals surface area contributed by atoms with E-state index in [1.807, 2.05) is 0 Å². The Hall–Kier alpha value is -3.28. The number of aryl methyl sites for hydroxylation is 1. The molecule has 4 atom stereocenters. The summed E-state index contributed by atoms with van der Waals surface area (Å²) in [6.45, 7) is 4.02. The van der Waals surface area contributed by atoms with Gasteiger partial charge in [-0.3, -0.25) is 0 Å². The maximum Gasteiger partial charge on any atom is 0.417 e. The number of hydrogen-bond donors (Lipinski definition) is 0. The number of fused-ring (bicyclic) bond motifs is 1. The Morgan fingerprint density at radius 1 is 1.28 bits per heavy atom. The minimum absolute atomic E-state index is 0.0132. The average Bonchev–Trinajstić information content (AvgIpc) is 3.29. The van der Waals surface area contributed by atoms with Crippen molar-refractivity contribution in [3.63, 3.8) is 0 Å². The van der Waals surface area contributed by atoms with E-state index in [0.29, 0.717) is 5.52 Å². The van der Waals surface area contributed by atoms with Crippen LogP contribution in [0.1, 0.15) is 54.7 Å². The van der Waals surface area contributed by atoms with E-state index in [-0.39, 0.29) is 29.2 Å². The molecule has 0 radical (unpaired) electrons. The van der Waals surface area contributed by atoms with E-state index in [1.165, 1.54) is 29.8 Å². The predicted molar refractivity (Wildman–Crippen MR) is 118 cm³/mol. The van der Waals surface area contributed by atoms with Crippen molar-refractivity contribution in [2.45, 2.75) is 44.6 Å². The molecule has 2 aromatic heterocycles. The molecule has 1 aliphatic rings. The van der Waals surface area contributed by atoms with E-state index >= 15 is 0 Å². The number of methoxy groups -OCH3 is 1. The lowest BCUT2D eigenvalue weighted by molar-refractivity contribution is -0.275. The van der Waals surface area contributed by atoms with Crippen LogP contribution in [-0.2, 0) is 16.5 Å². The monoisotopic (exact) mass is 513 g/mol. The molecule has 0 spiro atoms. The summed E-state index contributed by atoms with van der Waals surface area (Å²) in [4.78, 5) is 20.6. The summed E-state index contributed by atoms with van der Waals surface area (Å²) in [6.07, 6.45) is -4.75. The Morgan fingerprint density at radius 2 is 1.97 bits per heavy atom.